The summed E-state index contributed by atoms with van der Waals surface area (Å²) in [7, 11) is 0. The van der Waals surface area contributed by atoms with Gasteiger partial charge in [-0.3, -0.25) is 4.79 Å². The molecule has 0 radical (unpaired) electrons. The van der Waals surface area contributed by atoms with Crippen LogP contribution in [0.1, 0.15) is 44.1 Å². The summed E-state index contributed by atoms with van der Waals surface area (Å²) in [6.07, 6.45) is 6.79. The van der Waals surface area contributed by atoms with Gasteiger partial charge in [0.05, 0.1) is 12.0 Å². The quantitative estimate of drug-likeness (QED) is 0.668. The van der Waals surface area contributed by atoms with Crippen molar-refractivity contribution in [2.45, 2.75) is 43.9 Å². The molecule has 2 aliphatic carbocycles. The van der Waals surface area contributed by atoms with Crippen LogP contribution < -0.4 is 5.73 Å². The molecule has 0 saturated heterocycles. The number of hydrogen-bond donors (Lipinski definition) is 1. The highest BCUT2D eigenvalue weighted by atomic mass is 16.5. The molecule has 2 fully saturated rings. The van der Waals surface area contributed by atoms with Crippen molar-refractivity contribution in [3.05, 3.63) is 29.8 Å². The van der Waals surface area contributed by atoms with Crippen molar-refractivity contribution in [2.24, 2.45) is 5.92 Å². The second kappa shape index (κ2) is 4.87. The van der Waals surface area contributed by atoms with Gasteiger partial charge in [-0.2, -0.15) is 0 Å². The zero-order chi connectivity index (χ0) is 13.3. The number of benzene rings is 1. The van der Waals surface area contributed by atoms with Gasteiger partial charge in [-0.25, -0.2) is 0 Å². The summed E-state index contributed by atoms with van der Waals surface area (Å²) in [6, 6.07) is 7.64. The van der Waals surface area contributed by atoms with Gasteiger partial charge in [0.25, 0.3) is 0 Å². The molecule has 0 heterocycles. The Hall–Kier alpha value is -1.51. The summed E-state index contributed by atoms with van der Waals surface area (Å²) in [5.41, 5.74) is 7.11. The van der Waals surface area contributed by atoms with Gasteiger partial charge >= 0.3 is 5.97 Å². The molecule has 1 aromatic rings. The number of nitrogens with two attached hydrogens (primary N) is 1. The van der Waals surface area contributed by atoms with Gasteiger partial charge in [0.1, 0.15) is 0 Å². The van der Waals surface area contributed by atoms with E-state index in [1.54, 1.807) is 0 Å². The third-order valence-electron chi connectivity index (χ3n) is 4.53. The normalized spacial score (nSPS) is 21.3. The first-order chi connectivity index (χ1) is 9.21. The van der Waals surface area contributed by atoms with Crippen LogP contribution in [0.15, 0.2) is 24.3 Å². The molecule has 2 saturated carbocycles. The first kappa shape index (κ1) is 12.5. The minimum Gasteiger partial charge on any atom is -0.465 e. The lowest BCUT2D eigenvalue weighted by molar-refractivity contribution is -0.148. The minimum absolute atomic E-state index is 0.0378. The number of anilines is 1. The van der Waals surface area contributed by atoms with Gasteiger partial charge in [0.15, 0.2) is 0 Å². The fraction of sp³-hybridized carbons (Fsp3) is 0.562. The highest BCUT2D eigenvalue weighted by Gasteiger charge is 2.52. The number of carbonyl (C=O) groups is 1. The second-order valence-electron chi connectivity index (χ2n) is 5.95. The van der Waals surface area contributed by atoms with E-state index in [0.29, 0.717) is 12.5 Å². The Labute approximate surface area is 114 Å². The number of rotatable bonds is 4. The van der Waals surface area contributed by atoms with E-state index in [9.17, 15) is 4.79 Å². The van der Waals surface area contributed by atoms with Gasteiger partial charge in [0, 0.05) is 5.69 Å². The maximum absolute atomic E-state index is 12.3. The third kappa shape index (κ3) is 2.46. The fourth-order valence-corrected chi connectivity index (χ4v) is 3.05. The van der Waals surface area contributed by atoms with Gasteiger partial charge in [-0.15, -0.1) is 0 Å². The van der Waals surface area contributed by atoms with E-state index in [1.807, 2.05) is 24.3 Å². The molecule has 3 heteroatoms. The highest BCUT2D eigenvalue weighted by molar-refractivity contribution is 5.86. The van der Waals surface area contributed by atoms with Gasteiger partial charge < -0.3 is 10.5 Å². The van der Waals surface area contributed by atoms with E-state index in [2.05, 4.69) is 0 Å². The fourth-order valence-electron chi connectivity index (χ4n) is 3.05. The van der Waals surface area contributed by atoms with Crippen LogP contribution >= 0.6 is 0 Å². The molecular weight excluding hydrogens is 238 g/mol. The lowest BCUT2D eigenvalue weighted by Crippen LogP contribution is -2.25. The summed E-state index contributed by atoms with van der Waals surface area (Å²) in [5, 5.41) is 0. The molecule has 2 aliphatic rings. The van der Waals surface area contributed by atoms with Crippen LogP contribution in [0.5, 0.6) is 0 Å². The Morgan fingerprint density at radius 3 is 2.42 bits per heavy atom. The monoisotopic (exact) mass is 259 g/mol. The Bertz CT molecular complexity index is 456. The van der Waals surface area contributed by atoms with Crippen LogP contribution in [-0.2, 0) is 14.9 Å². The van der Waals surface area contributed by atoms with Crippen LogP contribution in [0, 0.1) is 5.92 Å². The van der Waals surface area contributed by atoms with Crippen LogP contribution in [0.25, 0.3) is 0 Å². The molecule has 102 valence electrons. The largest absolute Gasteiger partial charge is 0.465 e. The summed E-state index contributed by atoms with van der Waals surface area (Å²) in [6.45, 7) is 0.607. The summed E-state index contributed by atoms with van der Waals surface area (Å²) in [5.74, 6) is 0.551. The average molecular weight is 259 g/mol. The molecule has 0 unspecified atom stereocenters. The number of carbonyl (C=O) groups excluding carboxylic acids is 1. The average Bonchev–Trinajstić information content (AvgIpc) is 3.07. The molecule has 0 aromatic heterocycles. The molecule has 0 bridgehead atoms. The number of hydrogen-bond acceptors (Lipinski definition) is 3. The van der Waals surface area contributed by atoms with Crippen molar-refractivity contribution in [2.75, 3.05) is 12.3 Å². The SMILES string of the molecule is Nc1ccc(C2(C(=O)OCC3CCCC3)CC2)cc1. The van der Waals surface area contributed by atoms with Crippen LogP contribution in [-0.4, -0.2) is 12.6 Å². The predicted molar refractivity (Wildman–Crippen MR) is 74.7 cm³/mol. The Kier molecular flexibility index (Phi) is 3.21. The zero-order valence-corrected chi connectivity index (χ0v) is 11.2. The topological polar surface area (TPSA) is 52.3 Å². The van der Waals surface area contributed by atoms with E-state index in [4.69, 9.17) is 10.5 Å². The predicted octanol–water partition coefficient (Wildman–Crippen LogP) is 3.03. The van der Waals surface area contributed by atoms with Gasteiger partial charge in [0.2, 0.25) is 0 Å². The van der Waals surface area contributed by atoms with Crippen LogP contribution in [0.2, 0.25) is 0 Å². The van der Waals surface area contributed by atoms with E-state index in [1.165, 1.54) is 25.7 Å². The third-order valence-corrected chi connectivity index (χ3v) is 4.53. The van der Waals surface area contributed by atoms with E-state index in [0.717, 1.165) is 24.1 Å². The lowest BCUT2D eigenvalue weighted by atomic mass is 9.96. The number of nitrogen functional groups attached to an aromatic ring is 1. The van der Waals surface area contributed by atoms with E-state index < -0.39 is 0 Å². The molecule has 2 N–H and O–H groups in total. The second-order valence-corrected chi connectivity index (χ2v) is 5.95. The molecule has 3 nitrogen and oxygen atoms in total. The molecule has 0 atom stereocenters. The molecule has 0 spiro atoms. The lowest BCUT2D eigenvalue weighted by Gasteiger charge is -2.17. The van der Waals surface area contributed by atoms with Crippen molar-refractivity contribution < 1.29 is 9.53 Å². The van der Waals surface area contributed by atoms with Crippen molar-refractivity contribution in [1.29, 1.82) is 0 Å². The Morgan fingerprint density at radius 2 is 1.84 bits per heavy atom. The van der Waals surface area contributed by atoms with E-state index >= 15 is 0 Å². The van der Waals surface area contributed by atoms with Gasteiger partial charge in [-0.1, -0.05) is 25.0 Å². The maximum Gasteiger partial charge on any atom is 0.316 e. The van der Waals surface area contributed by atoms with Crippen LogP contribution in [0.4, 0.5) is 5.69 Å². The molecular formula is C16H21NO2. The summed E-state index contributed by atoms with van der Waals surface area (Å²) < 4.78 is 5.57. The summed E-state index contributed by atoms with van der Waals surface area (Å²) in [4.78, 5) is 12.3. The molecule has 0 aliphatic heterocycles. The zero-order valence-electron chi connectivity index (χ0n) is 11.2. The number of esters is 1. The maximum atomic E-state index is 12.3. The van der Waals surface area contributed by atoms with Crippen molar-refractivity contribution >= 4 is 11.7 Å². The molecule has 3 rings (SSSR count). The molecule has 19 heavy (non-hydrogen) atoms. The highest BCUT2D eigenvalue weighted by Crippen LogP contribution is 2.49. The standard InChI is InChI=1S/C16H21NO2/c17-14-7-5-13(6-8-14)16(9-10-16)15(18)19-11-12-3-1-2-4-12/h5-8,12H,1-4,9-11,17H2. The van der Waals surface area contributed by atoms with Crippen molar-refractivity contribution in [3.8, 4) is 0 Å². The van der Waals surface area contributed by atoms with Crippen LogP contribution in [0.3, 0.4) is 0 Å². The minimum atomic E-state index is -0.369. The molecule has 1 aromatic carbocycles. The summed E-state index contributed by atoms with van der Waals surface area (Å²) >= 11 is 0. The first-order valence-electron chi connectivity index (χ1n) is 7.24. The van der Waals surface area contributed by atoms with E-state index in [-0.39, 0.29) is 11.4 Å². The van der Waals surface area contributed by atoms with Crippen molar-refractivity contribution in [3.63, 3.8) is 0 Å². The Morgan fingerprint density at radius 1 is 1.21 bits per heavy atom. The number of ether oxygens (including phenoxy) is 1. The smallest absolute Gasteiger partial charge is 0.316 e. The first-order valence-corrected chi connectivity index (χ1v) is 7.24. The van der Waals surface area contributed by atoms with Crippen molar-refractivity contribution in [1.82, 2.24) is 0 Å². The molecule has 0 amide bonds. The Balaban J connectivity index is 1.63. The van der Waals surface area contributed by atoms with Gasteiger partial charge in [-0.05, 0) is 49.3 Å².